The Morgan fingerprint density at radius 3 is 2.41 bits per heavy atom. The van der Waals surface area contributed by atoms with Crippen molar-refractivity contribution in [2.75, 3.05) is 26.2 Å². The van der Waals surface area contributed by atoms with E-state index >= 15 is 0 Å². The van der Waals surface area contributed by atoms with Gasteiger partial charge >= 0.3 is 0 Å². The summed E-state index contributed by atoms with van der Waals surface area (Å²) in [5.41, 5.74) is 0.226. The minimum atomic E-state index is -3.67. The van der Waals surface area contributed by atoms with Gasteiger partial charge in [0.2, 0.25) is 15.9 Å². The number of amides is 1. The summed E-state index contributed by atoms with van der Waals surface area (Å²) in [6, 6.07) is 4.62. The Labute approximate surface area is 159 Å². The Kier molecular flexibility index (Phi) is 4.98. The van der Waals surface area contributed by atoms with Crippen LogP contribution in [0, 0.1) is 17.2 Å². The second-order valence-electron chi connectivity index (χ2n) is 8.04. The summed E-state index contributed by atoms with van der Waals surface area (Å²) >= 11 is 0. The number of hydrogen-bond donors (Lipinski definition) is 2. The van der Waals surface area contributed by atoms with Crippen LogP contribution in [-0.2, 0) is 14.8 Å². The van der Waals surface area contributed by atoms with Crippen LogP contribution in [0.25, 0.3) is 0 Å². The summed E-state index contributed by atoms with van der Waals surface area (Å²) < 4.78 is 40.5. The van der Waals surface area contributed by atoms with E-state index < -0.39 is 15.8 Å². The van der Waals surface area contributed by atoms with Gasteiger partial charge in [0.15, 0.2) is 0 Å². The van der Waals surface area contributed by atoms with E-state index in [-0.39, 0.29) is 28.2 Å². The predicted octanol–water partition coefficient (Wildman–Crippen LogP) is 1.48. The summed E-state index contributed by atoms with van der Waals surface area (Å²) in [7, 11) is -3.67. The molecule has 1 aromatic rings. The fourth-order valence-electron chi connectivity index (χ4n) is 4.51. The molecule has 4 rings (SSSR count). The normalized spacial score (nSPS) is 25.5. The quantitative estimate of drug-likeness (QED) is 0.810. The van der Waals surface area contributed by atoms with Gasteiger partial charge in [0.1, 0.15) is 5.82 Å². The van der Waals surface area contributed by atoms with Gasteiger partial charge in [-0.25, -0.2) is 17.5 Å². The average Bonchev–Trinajstić information content (AvgIpc) is 3.35. The molecule has 148 valence electrons. The van der Waals surface area contributed by atoms with Crippen molar-refractivity contribution in [3.05, 3.63) is 30.1 Å². The number of likely N-dealkylation sites (tertiary alicyclic amines) is 1. The molecule has 1 atom stereocenters. The molecule has 1 amide bonds. The van der Waals surface area contributed by atoms with E-state index in [9.17, 15) is 17.6 Å². The number of benzene rings is 1. The molecule has 0 radical (unpaired) electrons. The maximum absolute atomic E-state index is 13.0. The lowest BCUT2D eigenvalue weighted by Crippen LogP contribution is -2.47. The first kappa shape index (κ1) is 18.8. The largest absolute Gasteiger partial charge is 0.342 e. The molecule has 2 saturated heterocycles. The third kappa shape index (κ3) is 3.88. The van der Waals surface area contributed by atoms with Crippen LogP contribution >= 0.6 is 0 Å². The minimum absolute atomic E-state index is 0.0632. The van der Waals surface area contributed by atoms with Crippen molar-refractivity contribution in [2.45, 2.75) is 43.0 Å². The van der Waals surface area contributed by atoms with Crippen molar-refractivity contribution in [3.63, 3.8) is 0 Å². The molecule has 0 bridgehead atoms. The molecule has 2 aliphatic heterocycles. The molecule has 2 heterocycles. The molecular weight excluding hydrogens is 369 g/mol. The third-order valence-corrected chi connectivity index (χ3v) is 7.88. The Morgan fingerprint density at radius 2 is 1.78 bits per heavy atom. The molecule has 1 saturated carbocycles. The summed E-state index contributed by atoms with van der Waals surface area (Å²) in [5.74, 6) is -0.0591. The topological polar surface area (TPSA) is 78.5 Å². The van der Waals surface area contributed by atoms with Gasteiger partial charge in [-0.1, -0.05) is 0 Å². The molecule has 27 heavy (non-hydrogen) atoms. The van der Waals surface area contributed by atoms with Gasteiger partial charge in [-0.15, -0.1) is 0 Å². The highest BCUT2D eigenvalue weighted by Gasteiger charge is 2.58. The molecule has 3 fully saturated rings. The number of piperidine rings is 2. The van der Waals surface area contributed by atoms with Crippen molar-refractivity contribution in [2.24, 2.45) is 11.3 Å². The Balaban J connectivity index is 1.30. The number of sulfonamides is 1. The first-order chi connectivity index (χ1) is 12.9. The zero-order chi connectivity index (χ0) is 19.1. The van der Waals surface area contributed by atoms with Crippen molar-refractivity contribution in [1.29, 1.82) is 0 Å². The monoisotopic (exact) mass is 395 g/mol. The Hall–Kier alpha value is -1.51. The second-order valence-corrected chi connectivity index (χ2v) is 9.76. The fourth-order valence-corrected chi connectivity index (χ4v) is 5.82. The predicted molar refractivity (Wildman–Crippen MR) is 99.0 cm³/mol. The number of carbonyl (C=O) groups excluding carboxylic acids is 1. The number of rotatable bonds is 4. The standard InChI is InChI=1S/C19H26FN3O3S/c20-14-1-3-16(4-2-14)27(25,26)22-15-5-11-23(12-6-15)18(24)17-13-19(17)7-9-21-10-8-19/h1-4,15,17,21-22H,5-13H2. The Morgan fingerprint density at radius 1 is 1.15 bits per heavy atom. The first-order valence-corrected chi connectivity index (χ1v) is 11.2. The van der Waals surface area contributed by atoms with E-state index in [4.69, 9.17) is 0 Å². The van der Waals surface area contributed by atoms with Gasteiger partial charge in [0, 0.05) is 25.0 Å². The van der Waals surface area contributed by atoms with Crippen LogP contribution in [0.2, 0.25) is 0 Å². The van der Waals surface area contributed by atoms with E-state index in [2.05, 4.69) is 10.0 Å². The van der Waals surface area contributed by atoms with E-state index in [1.54, 1.807) is 0 Å². The first-order valence-electron chi connectivity index (χ1n) is 9.67. The van der Waals surface area contributed by atoms with Crippen LogP contribution in [0.5, 0.6) is 0 Å². The number of carbonyl (C=O) groups is 1. The molecule has 2 N–H and O–H groups in total. The molecule has 1 aliphatic carbocycles. The summed E-state index contributed by atoms with van der Waals surface area (Å²) in [5, 5.41) is 3.35. The highest BCUT2D eigenvalue weighted by molar-refractivity contribution is 7.89. The molecule has 3 aliphatic rings. The highest BCUT2D eigenvalue weighted by Crippen LogP contribution is 2.59. The fraction of sp³-hybridized carbons (Fsp3) is 0.632. The van der Waals surface area contributed by atoms with Crippen molar-refractivity contribution >= 4 is 15.9 Å². The summed E-state index contributed by atoms with van der Waals surface area (Å²) in [6.45, 7) is 3.16. The smallest absolute Gasteiger partial charge is 0.240 e. The van der Waals surface area contributed by atoms with Crippen molar-refractivity contribution in [3.8, 4) is 0 Å². The van der Waals surface area contributed by atoms with Gasteiger partial charge in [0.25, 0.3) is 0 Å². The molecule has 1 unspecified atom stereocenters. The zero-order valence-electron chi connectivity index (χ0n) is 15.3. The maximum atomic E-state index is 13.0. The third-order valence-electron chi connectivity index (χ3n) is 6.34. The van der Waals surface area contributed by atoms with E-state index in [0.717, 1.165) is 44.5 Å². The van der Waals surface area contributed by atoms with Gasteiger partial charge in [-0.2, -0.15) is 0 Å². The summed E-state index contributed by atoms with van der Waals surface area (Å²) in [6.07, 6.45) is 4.38. The summed E-state index contributed by atoms with van der Waals surface area (Å²) in [4.78, 5) is 14.8. The number of nitrogens with one attached hydrogen (secondary N) is 2. The number of nitrogens with zero attached hydrogens (tertiary/aromatic N) is 1. The van der Waals surface area contributed by atoms with Crippen LogP contribution in [0.15, 0.2) is 29.2 Å². The van der Waals surface area contributed by atoms with Crippen LogP contribution in [0.3, 0.4) is 0 Å². The molecule has 6 nitrogen and oxygen atoms in total. The van der Waals surface area contributed by atoms with Gasteiger partial charge < -0.3 is 10.2 Å². The lowest BCUT2D eigenvalue weighted by molar-refractivity contribution is -0.134. The maximum Gasteiger partial charge on any atom is 0.240 e. The lowest BCUT2D eigenvalue weighted by atomic mass is 9.91. The number of halogens is 1. The van der Waals surface area contributed by atoms with Crippen LogP contribution in [0.4, 0.5) is 4.39 Å². The molecular formula is C19H26FN3O3S. The van der Waals surface area contributed by atoms with Crippen LogP contribution in [-0.4, -0.2) is 51.4 Å². The number of hydrogen-bond acceptors (Lipinski definition) is 4. The van der Waals surface area contributed by atoms with Crippen LogP contribution < -0.4 is 10.0 Å². The SMILES string of the molecule is O=C(C1CC12CCNCC2)N1CCC(NS(=O)(=O)c2ccc(F)cc2)CC1. The van der Waals surface area contributed by atoms with E-state index in [0.29, 0.717) is 25.9 Å². The molecule has 1 spiro atoms. The Bertz CT molecular complexity index is 798. The van der Waals surface area contributed by atoms with Gasteiger partial charge in [-0.3, -0.25) is 4.79 Å². The minimum Gasteiger partial charge on any atom is -0.342 e. The van der Waals surface area contributed by atoms with Crippen molar-refractivity contribution < 1.29 is 17.6 Å². The highest BCUT2D eigenvalue weighted by atomic mass is 32.2. The van der Waals surface area contributed by atoms with Gasteiger partial charge in [0.05, 0.1) is 4.90 Å². The van der Waals surface area contributed by atoms with Gasteiger partial charge in [-0.05, 0) is 74.9 Å². The van der Waals surface area contributed by atoms with Crippen LogP contribution in [0.1, 0.15) is 32.1 Å². The zero-order valence-corrected chi connectivity index (χ0v) is 16.1. The molecule has 8 heteroatoms. The average molecular weight is 396 g/mol. The van der Waals surface area contributed by atoms with E-state index in [1.165, 1.54) is 12.1 Å². The molecule has 1 aromatic carbocycles. The van der Waals surface area contributed by atoms with E-state index in [1.807, 2.05) is 4.90 Å². The molecule has 0 aromatic heterocycles. The second kappa shape index (κ2) is 7.14. The lowest BCUT2D eigenvalue weighted by Gasteiger charge is -2.33. The van der Waals surface area contributed by atoms with Crippen molar-refractivity contribution in [1.82, 2.24) is 14.9 Å².